The Hall–Kier alpha value is -0.790. The molecule has 0 aliphatic heterocycles. The van der Waals surface area contributed by atoms with Crippen molar-refractivity contribution in [1.82, 2.24) is 0 Å². The van der Waals surface area contributed by atoms with Crippen LogP contribution in [0.25, 0.3) is 0 Å². The van der Waals surface area contributed by atoms with Crippen LogP contribution in [0.2, 0.25) is 0 Å². The lowest BCUT2D eigenvalue weighted by Crippen LogP contribution is -2.11. The van der Waals surface area contributed by atoms with Crippen molar-refractivity contribution in [2.75, 3.05) is 0 Å². The molecule has 2 nitrogen and oxygen atoms in total. The molecule has 0 amide bonds. The SMILES string of the molecule is O=C(/C=C(\O)CCC1CCCCC1)CC1CCCCC1. The van der Waals surface area contributed by atoms with E-state index < -0.39 is 0 Å². The first-order chi connectivity index (χ1) is 9.74. The Balaban J connectivity index is 1.67. The Labute approximate surface area is 123 Å². The Bertz CT molecular complexity index is 320. The fourth-order valence-corrected chi connectivity index (χ4v) is 3.82. The highest BCUT2D eigenvalue weighted by molar-refractivity contribution is 5.90. The quantitative estimate of drug-likeness (QED) is 0.527. The number of carbonyl (C=O) groups is 1. The minimum Gasteiger partial charge on any atom is -0.512 e. The second kappa shape index (κ2) is 8.49. The second-order valence-electron chi connectivity index (χ2n) is 6.85. The van der Waals surface area contributed by atoms with Gasteiger partial charge in [-0.15, -0.1) is 0 Å². The van der Waals surface area contributed by atoms with Crippen molar-refractivity contribution in [2.45, 2.75) is 83.5 Å². The third kappa shape index (κ3) is 5.68. The lowest BCUT2D eigenvalue weighted by molar-refractivity contribution is -0.115. The standard InChI is InChI=1S/C18H30O2/c19-17(12-11-15-7-3-1-4-8-15)14-18(20)13-16-9-5-2-6-10-16/h14-16,19H,1-13H2/b17-14-. The van der Waals surface area contributed by atoms with Crippen LogP contribution in [-0.2, 0) is 4.79 Å². The minimum absolute atomic E-state index is 0.137. The Kier molecular flexibility index (Phi) is 6.62. The van der Waals surface area contributed by atoms with E-state index in [0.29, 0.717) is 24.5 Å². The van der Waals surface area contributed by atoms with E-state index in [1.165, 1.54) is 70.3 Å². The van der Waals surface area contributed by atoms with Gasteiger partial charge < -0.3 is 5.11 Å². The first kappa shape index (κ1) is 15.6. The summed E-state index contributed by atoms with van der Waals surface area (Å²) in [4.78, 5) is 11.9. The molecule has 0 saturated heterocycles. The molecule has 0 aromatic heterocycles. The molecule has 2 rings (SSSR count). The number of hydrogen-bond acceptors (Lipinski definition) is 2. The van der Waals surface area contributed by atoms with E-state index in [-0.39, 0.29) is 5.78 Å². The summed E-state index contributed by atoms with van der Waals surface area (Å²) in [6.45, 7) is 0. The molecule has 0 unspecified atom stereocenters. The molecular weight excluding hydrogens is 248 g/mol. The zero-order valence-corrected chi connectivity index (χ0v) is 12.8. The summed E-state index contributed by atoms with van der Waals surface area (Å²) in [7, 11) is 0. The van der Waals surface area contributed by atoms with Gasteiger partial charge in [0.2, 0.25) is 0 Å². The van der Waals surface area contributed by atoms with Gasteiger partial charge in [-0.2, -0.15) is 0 Å². The Morgan fingerprint density at radius 2 is 1.45 bits per heavy atom. The largest absolute Gasteiger partial charge is 0.512 e. The fraction of sp³-hybridized carbons (Fsp3) is 0.833. The third-order valence-electron chi connectivity index (χ3n) is 5.08. The molecule has 0 aromatic carbocycles. The molecule has 0 heterocycles. The Morgan fingerprint density at radius 3 is 2.05 bits per heavy atom. The normalized spacial score (nSPS) is 22.9. The molecule has 2 fully saturated rings. The van der Waals surface area contributed by atoms with Crippen molar-refractivity contribution in [3.05, 3.63) is 11.8 Å². The number of allylic oxidation sites excluding steroid dienone is 2. The molecule has 114 valence electrons. The lowest BCUT2D eigenvalue weighted by Gasteiger charge is -2.21. The molecule has 1 N–H and O–H groups in total. The van der Waals surface area contributed by atoms with Gasteiger partial charge in [0.05, 0.1) is 5.76 Å². The average Bonchev–Trinajstić information content (AvgIpc) is 2.47. The maximum atomic E-state index is 11.9. The van der Waals surface area contributed by atoms with E-state index in [2.05, 4.69) is 0 Å². The van der Waals surface area contributed by atoms with E-state index in [1.54, 1.807) is 0 Å². The topological polar surface area (TPSA) is 37.3 Å². The molecule has 2 aliphatic carbocycles. The number of ketones is 1. The molecule has 0 atom stereocenters. The third-order valence-corrected chi connectivity index (χ3v) is 5.08. The van der Waals surface area contributed by atoms with Gasteiger partial charge in [-0.25, -0.2) is 0 Å². The van der Waals surface area contributed by atoms with E-state index >= 15 is 0 Å². The van der Waals surface area contributed by atoms with Crippen molar-refractivity contribution in [3.63, 3.8) is 0 Å². The molecule has 0 bridgehead atoms. The highest BCUT2D eigenvalue weighted by Gasteiger charge is 2.17. The van der Waals surface area contributed by atoms with Gasteiger partial charge in [0.15, 0.2) is 5.78 Å². The van der Waals surface area contributed by atoms with Gasteiger partial charge in [-0.1, -0.05) is 64.2 Å². The first-order valence-electron chi connectivity index (χ1n) is 8.66. The molecule has 2 heteroatoms. The molecule has 0 spiro atoms. The maximum absolute atomic E-state index is 11.9. The van der Waals surface area contributed by atoms with E-state index in [9.17, 15) is 9.90 Å². The fourth-order valence-electron chi connectivity index (χ4n) is 3.82. The lowest BCUT2D eigenvalue weighted by atomic mass is 9.85. The maximum Gasteiger partial charge on any atom is 0.159 e. The zero-order chi connectivity index (χ0) is 14.2. The van der Waals surface area contributed by atoms with Gasteiger partial charge >= 0.3 is 0 Å². The Morgan fingerprint density at radius 1 is 0.900 bits per heavy atom. The van der Waals surface area contributed by atoms with Crippen LogP contribution in [0.4, 0.5) is 0 Å². The monoisotopic (exact) mass is 278 g/mol. The van der Waals surface area contributed by atoms with E-state index in [1.807, 2.05) is 0 Å². The van der Waals surface area contributed by atoms with Gasteiger partial charge in [0, 0.05) is 18.9 Å². The summed E-state index contributed by atoms with van der Waals surface area (Å²) in [5, 5.41) is 9.92. The molecule has 0 aromatic rings. The number of hydrogen-bond donors (Lipinski definition) is 1. The van der Waals surface area contributed by atoms with Crippen molar-refractivity contribution in [1.29, 1.82) is 0 Å². The van der Waals surface area contributed by atoms with Gasteiger partial charge in [-0.05, 0) is 18.3 Å². The zero-order valence-electron chi connectivity index (χ0n) is 12.8. The summed E-state index contributed by atoms with van der Waals surface area (Å²) in [6, 6.07) is 0. The predicted molar refractivity (Wildman–Crippen MR) is 82.7 cm³/mol. The molecule has 20 heavy (non-hydrogen) atoms. The van der Waals surface area contributed by atoms with Gasteiger partial charge in [0.1, 0.15) is 0 Å². The smallest absolute Gasteiger partial charge is 0.159 e. The van der Waals surface area contributed by atoms with E-state index in [4.69, 9.17) is 0 Å². The summed E-state index contributed by atoms with van der Waals surface area (Å²) >= 11 is 0. The van der Waals surface area contributed by atoms with Crippen LogP contribution in [0.5, 0.6) is 0 Å². The van der Waals surface area contributed by atoms with Crippen LogP contribution in [0.1, 0.15) is 83.5 Å². The number of aliphatic hydroxyl groups is 1. The van der Waals surface area contributed by atoms with Crippen molar-refractivity contribution >= 4 is 5.78 Å². The van der Waals surface area contributed by atoms with Crippen molar-refractivity contribution in [2.24, 2.45) is 11.8 Å². The van der Waals surface area contributed by atoms with Crippen LogP contribution < -0.4 is 0 Å². The second-order valence-corrected chi connectivity index (χ2v) is 6.85. The molecule has 2 aliphatic rings. The number of aliphatic hydroxyl groups excluding tert-OH is 1. The number of rotatable bonds is 6. The van der Waals surface area contributed by atoms with Crippen molar-refractivity contribution < 1.29 is 9.90 Å². The van der Waals surface area contributed by atoms with Crippen LogP contribution in [0.15, 0.2) is 11.8 Å². The molecule has 2 saturated carbocycles. The first-order valence-corrected chi connectivity index (χ1v) is 8.66. The van der Waals surface area contributed by atoms with Gasteiger partial charge in [-0.3, -0.25) is 4.79 Å². The highest BCUT2D eigenvalue weighted by atomic mass is 16.3. The summed E-state index contributed by atoms with van der Waals surface area (Å²) in [6.07, 6.45) is 16.9. The summed E-state index contributed by atoms with van der Waals surface area (Å²) in [5.41, 5.74) is 0. The molecular formula is C18H30O2. The van der Waals surface area contributed by atoms with Crippen LogP contribution in [-0.4, -0.2) is 10.9 Å². The van der Waals surface area contributed by atoms with Crippen LogP contribution >= 0.6 is 0 Å². The molecule has 0 radical (unpaired) electrons. The van der Waals surface area contributed by atoms with Crippen LogP contribution in [0.3, 0.4) is 0 Å². The van der Waals surface area contributed by atoms with Crippen LogP contribution in [0, 0.1) is 11.8 Å². The predicted octanol–water partition coefficient (Wildman–Crippen LogP) is 5.33. The number of carbonyl (C=O) groups excluding carboxylic acids is 1. The van der Waals surface area contributed by atoms with Gasteiger partial charge in [0.25, 0.3) is 0 Å². The highest BCUT2D eigenvalue weighted by Crippen LogP contribution is 2.29. The van der Waals surface area contributed by atoms with E-state index in [0.717, 1.165) is 12.3 Å². The summed E-state index contributed by atoms with van der Waals surface area (Å²) in [5.74, 6) is 1.79. The summed E-state index contributed by atoms with van der Waals surface area (Å²) < 4.78 is 0. The minimum atomic E-state index is 0.137. The average molecular weight is 278 g/mol. The van der Waals surface area contributed by atoms with Crippen molar-refractivity contribution in [3.8, 4) is 0 Å².